The molecule has 52 heavy (non-hydrogen) atoms. The van der Waals surface area contributed by atoms with Gasteiger partial charge in [0, 0.05) is 12.8 Å². The molecule has 0 aromatic rings. The fourth-order valence-corrected chi connectivity index (χ4v) is 5.12. The first-order chi connectivity index (χ1) is 25.3. The summed E-state index contributed by atoms with van der Waals surface area (Å²) in [5.74, 6) is -2.53. The van der Waals surface area contributed by atoms with Crippen molar-refractivity contribution in [1.29, 1.82) is 0 Å². The molecule has 9 heteroatoms. The van der Waals surface area contributed by atoms with Gasteiger partial charge in [-0.15, -0.1) is 0 Å². The average molecular weight is 727 g/mol. The van der Waals surface area contributed by atoms with Crippen molar-refractivity contribution in [3.63, 3.8) is 0 Å². The monoisotopic (exact) mass is 727 g/mol. The molecule has 2 atom stereocenters. The average Bonchev–Trinajstić information content (AvgIpc) is 3.13. The second kappa shape index (κ2) is 37.1. The first-order valence-electron chi connectivity index (χ1n) is 19.8. The Balaban J connectivity index is 4.52. The molecule has 2 amide bonds. The van der Waals surface area contributed by atoms with E-state index >= 15 is 0 Å². The van der Waals surface area contributed by atoms with Crippen LogP contribution < -0.4 is 10.6 Å². The molecule has 294 valence electrons. The highest BCUT2D eigenvalue weighted by Gasteiger charge is 2.18. The molecule has 0 spiro atoms. The largest absolute Gasteiger partial charge is 0.480 e. The summed E-state index contributed by atoms with van der Waals surface area (Å²) in [7, 11) is 0. The topological polar surface area (TPSA) is 142 Å². The summed E-state index contributed by atoms with van der Waals surface area (Å²) in [4.78, 5) is 47.6. The van der Waals surface area contributed by atoms with Crippen LogP contribution in [0.3, 0.4) is 0 Å². The van der Waals surface area contributed by atoms with Crippen LogP contribution in [-0.2, 0) is 23.9 Å². The maximum atomic E-state index is 12.7. The van der Waals surface area contributed by atoms with E-state index in [1.165, 1.54) is 32.1 Å². The highest BCUT2D eigenvalue weighted by molar-refractivity contribution is 5.87. The summed E-state index contributed by atoms with van der Waals surface area (Å²) >= 11 is 0. The molecule has 0 rings (SSSR count). The first-order valence-corrected chi connectivity index (χ1v) is 19.8. The minimum Gasteiger partial charge on any atom is -0.480 e. The number of nitrogens with one attached hydrogen (secondary N) is 2. The van der Waals surface area contributed by atoms with E-state index in [1.807, 2.05) is 12.2 Å². The van der Waals surface area contributed by atoms with Crippen molar-refractivity contribution >= 4 is 23.8 Å². The predicted molar refractivity (Wildman–Crippen MR) is 213 cm³/mol. The van der Waals surface area contributed by atoms with Crippen LogP contribution in [0.4, 0.5) is 0 Å². The zero-order valence-electron chi connectivity index (χ0n) is 32.3. The first kappa shape index (κ1) is 48.3. The Morgan fingerprint density at radius 2 is 1.15 bits per heavy atom. The molecule has 0 aliphatic heterocycles. The van der Waals surface area contributed by atoms with Crippen molar-refractivity contribution < 1.29 is 34.1 Å². The highest BCUT2D eigenvalue weighted by atomic mass is 16.5. The van der Waals surface area contributed by atoms with Gasteiger partial charge in [-0.3, -0.25) is 14.4 Å². The van der Waals surface area contributed by atoms with E-state index in [0.717, 1.165) is 77.0 Å². The van der Waals surface area contributed by atoms with Crippen molar-refractivity contribution in [3.8, 4) is 0 Å². The Kier molecular flexibility index (Phi) is 34.4. The van der Waals surface area contributed by atoms with Crippen molar-refractivity contribution in [2.75, 3.05) is 13.2 Å². The molecule has 0 radical (unpaired) electrons. The van der Waals surface area contributed by atoms with Crippen LogP contribution in [0, 0.1) is 0 Å². The fourth-order valence-electron chi connectivity index (χ4n) is 5.12. The van der Waals surface area contributed by atoms with Crippen LogP contribution in [-0.4, -0.2) is 59.3 Å². The van der Waals surface area contributed by atoms with Crippen molar-refractivity contribution in [1.82, 2.24) is 10.6 Å². The number of hydrogen-bond donors (Lipinski definition) is 4. The molecule has 0 aromatic heterocycles. The lowest BCUT2D eigenvalue weighted by atomic mass is 10.1. The fraction of sp³-hybridized carbons (Fsp3) is 0.628. The Hall–Kier alpha value is -3.72. The number of hydrogen-bond acceptors (Lipinski definition) is 6. The number of rotatable bonds is 34. The molecule has 2 unspecified atom stereocenters. The third-order valence-corrected chi connectivity index (χ3v) is 8.17. The molecule has 0 saturated heterocycles. The van der Waals surface area contributed by atoms with Crippen LogP contribution in [0.15, 0.2) is 72.9 Å². The van der Waals surface area contributed by atoms with Crippen molar-refractivity contribution in [2.24, 2.45) is 0 Å². The summed E-state index contributed by atoms with van der Waals surface area (Å²) < 4.78 is 5.85. The van der Waals surface area contributed by atoms with Gasteiger partial charge in [0.1, 0.15) is 12.1 Å². The standard InChI is InChI=1S/C43H70N2O7/c1-3-5-7-9-11-13-15-16-17-18-20-22-24-26-31-35-42(49)52-38(32-28-25-23-21-19-14-12-10-8-6-4-2)33-29-27-30-34-40(47)44-36-41(48)45-39(37-46)43(50)51/h6,8,11-14,16-17,21,23,28,32,38-39,46H,3-5,7,9-10,15,18-20,22,24-27,29-31,33-37H2,1-2H3,(H,44,47)(H,45,48)(H,50,51)/b8-6-,13-11-,14-12-,17-16-,23-21-,32-28-. The number of aliphatic hydroxyl groups excluding tert-OH is 1. The van der Waals surface area contributed by atoms with Crippen molar-refractivity contribution in [3.05, 3.63) is 72.9 Å². The predicted octanol–water partition coefficient (Wildman–Crippen LogP) is 9.15. The van der Waals surface area contributed by atoms with Crippen LogP contribution >= 0.6 is 0 Å². The minimum absolute atomic E-state index is 0.179. The molecule has 0 aliphatic carbocycles. The molecule has 9 nitrogen and oxygen atoms in total. The molecule has 0 heterocycles. The number of aliphatic hydroxyl groups is 1. The lowest BCUT2D eigenvalue weighted by Crippen LogP contribution is -2.47. The second-order valence-corrected chi connectivity index (χ2v) is 13.0. The van der Waals surface area contributed by atoms with Gasteiger partial charge in [-0.25, -0.2) is 4.79 Å². The zero-order valence-corrected chi connectivity index (χ0v) is 32.3. The number of carboxylic acid groups (broad SMARTS) is 1. The van der Waals surface area contributed by atoms with Gasteiger partial charge in [-0.2, -0.15) is 0 Å². The maximum Gasteiger partial charge on any atom is 0.328 e. The second-order valence-electron chi connectivity index (χ2n) is 13.0. The van der Waals surface area contributed by atoms with Gasteiger partial charge < -0.3 is 25.6 Å². The van der Waals surface area contributed by atoms with Gasteiger partial charge in [0.25, 0.3) is 0 Å². The normalized spacial score (nSPS) is 13.3. The summed E-state index contributed by atoms with van der Waals surface area (Å²) in [6, 6.07) is -1.41. The number of aliphatic carboxylic acids is 1. The lowest BCUT2D eigenvalue weighted by Gasteiger charge is -2.15. The van der Waals surface area contributed by atoms with Gasteiger partial charge in [0.05, 0.1) is 13.2 Å². The number of amides is 2. The molecule has 4 N–H and O–H groups in total. The van der Waals surface area contributed by atoms with E-state index in [4.69, 9.17) is 14.9 Å². The molecule has 0 saturated carbocycles. The quantitative estimate of drug-likeness (QED) is 0.0294. The Labute approximate surface area is 314 Å². The number of carbonyl (C=O) groups excluding carboxylic acids is 3. The summed E-state index contributed by atoms with van der Waals surface area (Å²) in [5.41, 5.74) is 0. The smallest absolute Gasteiger partial charge is 0.328 e. The highest BCUT2D eigenvalue weighted by Crippen LogP contribution is 2.14. The molecular weight excluding hydrogens is 656 g/mol. The van der Waals surface area contributed by atoms with E-state index < -0.39 is 24.5 Å². The van der Waals surface area contributed by atoms with Gasteiger partial charge in [0.15, 0.2) is 0 Å². The summed E-state index contributed by atoms with van der Waals surface area (Å²) in [6.45, 7) is 3.26. The van der Waals surface area contributed by atoms with Gasteiger partial charge in [-0.05, 0) is 89.5 Å². The van der Waals surface area contributed by atoms with Gasteiger partial charge >= 0.3 is 11.9 Å². The Morgan fingerprint density at radius 1 is 0.615 bits per heavy atom. The number of unbranched alkanes of at least 4 members (excludes halogenated alkanes) is 10. The summed E-state index contributed by atoms with van der Waals surface area (Å²) in [6.07, 6.45) is 45.1. The van der Waals surface area contributed by atoms with E-state index in [9.17, 15) is 19.2 Å². The van der Waals surface area contributed by atoms with Gasteiger partial charge in [-0.1, -0.05) is 119 Å². The van der Waals surface area contributed by atoms with E-state index in [2.05, 4.69) is 85.2 Å². The van der Waals surface area contributed by atoms with Gasteiger partial charge in [0.2, 0.25) is 11.8 Å². The van der Waals surface area contributed by atoms with Crippen LogP contribution in [0.1, 0.15) is 149 Å². The maximum absolute atomic E-state index is 12.7. The van der Waals surface area contributed by atoms with E-state index in [0.29, 0.717) is 19.3 Å². The van der Waals surface area contributed by atoms with E-state index in [-0.39, 0.29) is 30.9 Å². The number of ether oxygens (including phenoxy) is 1. The molecule has 0 fully saturated rings. The zero-order chi connectivity index (χ0) is 38.3. The number of carbonyl (C=O) groups is 4. The molecule has 0 bridgehead atoms. The molecule has 0 aliphatic rings. The summed E-state index contributed by atoms with van der Waals surface area (Å²) in [5, 5.41) is 22.5. The van der Waals surface area contributed by atoms with E-state index in [1.54, 1.807) is 0 Å². The molecular formula is C43H70N2O7. The number of carboxylic acids is 1. The Morgan fingerprint density at radius 3 is 1.77 bits per heavy atom. The van der Waals surface area contributed by atoms with Crippen molar-refractivity contribution in [2.45, 2.75) is 161 Å². The van der Waals surface area contributed by atoms with Crippen LogP contribution in [0.5, 0.6) is 0 Å². The lowest BCUT2D eigenvalue weighted by molar-refractivity contribution is -0.147. The Bertz CT molecular complexity index is 1110. The third kappa shape index (κ3) is 33.4. The number of allylic oxidation sites excluding steroid dienone is 11. The third-order valence-electron chi connectivity index (χ3n) is 8.17. The minimum atomic E-state index is -1.41. The SMILES string of the molecule is CC/C=C\C/C=C\C/C=C\C/C=C\C(CCCCCC(=O)NCC(=O)NC(CO)C(=O)O)OC(=O)CCCCCCC/C=C\C/C=C\CCCCC. The van der Waals surface area contributed by atoms with Crippen LogP contribution in [0.2, 0.25) is 0 Å². The van der Waals surface area contributed by atoms with Crippen LogP contribution in [0.25, 0.3) is 0 Å². The number of esters is 1. The molecule has 0 aromatic carbocycles.